The zero-order valence-electron chi connectivity index (χ0n) is 11.3. The molecule has 3 atom stereocenters. The van der Waals surface area contributed by atoms with E-state index in [-0.39, 0.29) is 11.7 Å². The third-order valence-electron chi connectivity index (χ3n) is 4.80. The molecule has 1 N–H and O–H groups in total. The summed E-state index contributed by atoms with van der Waals surface area (Å²) in [5.41, 5.74) is -0.186. The number of thiophene rings is 1. The number of carbonyl (C=O) groups is 1. The van der Waals surface area contributed by atoms with Crippen LogP contribution in [-0.4, -0.2) is 22.4 Å². The molecule has 2 heterocycles. The van der Waals surface area contributed by atoms with Crippen molar-refractivity contribution in [3.05, 3.63) is 22.4 Å². The summed E-state index contributed by atoms with van der Waals surface area (Å²) in [6, 6.07) is 4.73. The molecule has 1 aliphatic heterocycles. The Balaban J connectivity index is 1.61. The lowest BCUT2D eigenvalue weighted by Crippen LogP contribution is -2.34. The molecule has 3 nitrogen and oxygen atoms in total. The largest absolute Gasteiger partial charge is 0.317 e. The molecular formula is C15H20N2OS. The highest BCUT2D eigenvalue weighted by atomic mass is 32.1. The first kappa shape index (κ1) is 11.9. The SMILES string of the molecule is CCCC1CC1N1C(=O)C2(CC2)NC1c1cccs1. The molecule has 102 valence electrons. The zero-order valence-corrected chi connectivity index (χ0v) is 12.1. The van der Waals surface area contributed by atoms with E-state index < -0.39 is 0 Å². The maximum Gasteiger partial charge on any atom is 0.244 e. The molecule has 1 saturated heterocycles. The zero-order chi connectivity index (χ0) is 13.0. The van der Waals surface area contributed by atoms with Gasteiger partial charge in [-0.05, 0) is 43.0 Å². The number of amides is 1. The van der Waals surface area contributed by atoms with Crippen LogP contribution in [-0.2, 0) is 4.79 Å². The maximum atomic E-state index is 12.7. The van der Waals surface area contributed by atoms with E-state index in [0.717, 1.165) is 18.8 Å². The number of nitrogens with one attached hydrogen (secondary N) is 1. The average molecular weight is 276 g/mol. The van der Waals surface area contributed by atoms with Crippen LogP contribution in [0, 0.1) is 5.92 Å². The van der Waals surface area contributed by atoms with E-state index in [2.05, 4.69) is 34.7 Å². The van der Waals surface area contributed by atoms with E-state index in [4.69, 9.17) is 0 Å². The van der Waals surface area contributed by atoms with Gasteiger partial charge >= 0.3 is 0 Å². The van der Waals surface area contributed by atoms with Gasteiger partial charge in [0.05, 0.1) is 0 Å². The second-order valence-corrected chi connectivity index (χ2v) is 7.19. The number of rotatable bonds is 4. The van der Waals surface area contributed by atoms with E-state index in [1.165, 1.54) is 24.1 Å². The fourth-order valence-corrected chi connectivity index (χ4v) is 4.26. The van der Waals surface area contributed by atoms with E-state index in [1.54, 1.807) is 11.3 Å². The van der Waals surface area contributed by atoms with Crippen molar-refractivity contribution < 1.29 is 4.79 Å². The molecule has 19 heavy (non-hydrogen) atoms. The van der Waals surface area contributed by atoms with Gasteiger partial charge in [-0.3, -0.25) is 10.1 Å². The van der Waals surface area contributed by atoms with Gasteiger partial charge in [0, 0.05) is 10.9 Å². The Hall–Kier alpha value is -0.870. The van der Waals surface area contributed by atoms with Crippen molar-refractivity contribution in [2.45, 2.75) is 56.8 Å². The summed E-state index contributed by atoms with van der Waals surface area (Å²) in [6.07, 6.45) is 5.88. The molecule has 1 aromatic rings. The predicted molar refractivity (Wildman–Crippen MR) is 75.8 cm³/mol. The minimum Gasteiger partial charge on any atom is -0.317 e. The van der Waals surface area contributed by atoms with Crippen LogP contribution in [0.3, 0.4) is 0 Å². The van der Waals surface area contributed by atoms with Gasteiger partial charge in [0.2, 0.25) is 5.91 Å². The van der Waals surface area contributed by atoms with E-state index >= 15 is 0 Å². The van der Waals surface area contributed by atoms with Crippen molar-refractivity contribution in [3.8, 4) is 0 Å². The molecule has 1 spiro atoms. The second kappa shape index (κ2) is 4.06. The van der Waals surface area contributed by atoms with Crippen molar-refractivity contribution in [1.82, 2.24) is 10.2 Å². The lowest BCUT2D eigenvalue weighted by molar-refractivity contribution is -0.131. The van der Waals surface area contributed by atoms with Crippen molar-refractivity contribution in [3.63, 3.8) is 0 Å². The summed E-state index contributed by atoms with van der Waals surface area (Å²) in [5, 5.41) is 5.72. The normalized spacial score (nSPS) is 35.1. The number of hydrogen-bond donors (Lipinski definition) is 1. The molecular weight excluding hydrogens is 256 g/mol. The van der Waals surface area contributed by atoms with Crippen LogP contribution in [0.5, 0.6) is 0 Å². The van der Waals surface area contributed by atoms with Crippen LogP contribution in [0.4, 0.5) is 0 Å². The Bertz CT molecular complexity index is 494. The number of carbonyl (C=O) groups excluding carboxylic acids is 1. The first-order valence-electron chi connectivity index (χ1n) is 7.39. The molecule has 1 amide bonds. The lowest BCUT2D eigenvalue weighted by Gasteiger charge is -2.23. The van der Waals surface area contributed by atoms with Gasteiger partial charge in [-0.1, -0.05) is 19.4 Å². The van der Waals surface area contributed by atoms with Crippen molar-refractivity contribution >= 4 is 17.2 Å². The predicted octanol–water partition coefficient (Wildman–Crippen LogP) is 2.90. The maximum absolute atomic E-state index is 12.7. The smallest absolute Gasteiger partial charge is 0.244 e. The van der Waals surface area contributed by atoms with Gasteiger partial charge in [0.15, 0.2) is 0 Å². The molecule has 0 bridgehead atoms. The summed E-state index contributed by atoms with van der Waals surface area (Å²) < 4.78 is 0. The molecule has 3 unspecified atom stereocenters. The third kappa shape index (κ3) is 1.77. The van der Waals surface area contributed by atoms with Gasteiger partial charge in [0.1, 0.15) is 11.7 Å². The van der Waals surface area contributed by atoms with E-state index in [0.29, 0.717) is 11.9 Å². The number of nitrogens with zero attached hydrogens (tertiary/aromatic N) is 1. The summed E-state index contributed by atoms with van der Waals surface area (Å²) in [5.74, 6) is 1.11. The Kier molecular flexibility index (Phi) is 2.55. The Morgan fingerprint density at radius 2 is 2.37 bits per heavy atom. The van der Waals surface area contributed by atoms with E-state index in [1.807, 2.05) is 0 Å². The second-order valence-electron chi connectivity index (χ2n) is 6.21. The van der Waals surface area contributed by atoms with Crippen LogP contribution in [0.2, 0.25) is 0 Å². The fourth-order valence-electron chi connectivity index (χ4n) is 3.49. The van der Waals surface area contributed by atoms with Crippen LogP contribution in [0.1, 0.15) is 50.1 Å². The summed E-state index contributed by atoms with van der Waals surface area (Å²) >= 11 is 1.76. The molecule has 3 aliphatic rings. The summed E-state index contributed by atoms with van der Waals surface area (Å²) in [6.45, 7) is 2.23. The highest BCUT2D eigenvalue weighted by Gasteiger charge is 2.63. The van der Waals surface area contributed by atoms with Crippen molar-refractivity contribution in [2.75, 3.05) is 0 Å². The van der Waals surface area contributed by atoms with Crippen molar-refractivity contribution in [1.29, 1.82) is 0 Å². The van der Waals surface area contributed by atoms with Crippen LogP contribution in [0.25, 0.3) is 0 Å². The average Bonchev–Trinajstić information content (AvgIpc) is 3.25. The first-order valence-corrected chi connectivity index (χ1v) is 8.27. The molecule has 4 heteroatoms. The number of hydrogen-bond acceptors (Lipinski definition) is 3. The minimum absolute atomic E-state index is 0.141. The molecule has 3 fully saturated rings. The molecule has 0 radical (unpaired) electrons. The van der Waals surface area contributed by atoms with Gasteiger partial charge in [0.25, 0.3) is 0 Å². The monoisotopic (exact) mass is 276 g/mol. The Labute approximate surface area is 118 Å². The van der Waals surface area contributed by atoms with Gasteiger partial charge in [-0.15, -0.1) is 11.3 Å². The topological polar surface area (TPSA) is 32.3 Å². The Morgan fingerprint density at radius 1 is 1.53 bits per heavy atom. The molecule has 4 rings (SSSR count). The van der Waals surface area contributed by atoms with Gasteiger partial charge < -0.3 is 4.90 Å². The van der Waals surface area contributed by atoms with Crippen molar-refractivity contribution in [2.24, 2.45) is 5.92 Å². The summed E-state index contributed by atoms with van der Waals surface area (Å²) in [4.78, 5) is 16.2. The molecule has 1 aromatic heterocycles. The van der Waals surface area contributed by atoms with E-state index in [9.17, 15) is 4.79 Å². The quantitative estimate of drug-likeness (QED) is 0.917. The van der Waals surface area contributed by atoms with Gasteiger partial charge in [-0.25, -0.2) is 0 Å². The van der Waals surface area contributed by atoms with Crippen LogP contribution < -0.4 is 5.32 Å². The Morgan fingerprint density at radius 3 is 3.00 bits per heavy atom. The summed E-state index contributed by atoms with van der Waals surface area (Å²) in [7, 11) is 0. The highest BCUT2D eigenvalue weighted by molar-refractivity contribution is 7.10. The van der Waals surface area contributed by atoms with Crippen LogP contribution >= 0.6 is 11.3 Å². The fraction of sp³-hybridized carbons (Fsp3) is 0.667. The minimum atomic E-state index is -0.186. The lowest BCUT2D eigenvalue weighted by atomic mass is 10.2. The third-order valence-corrected chi connectivity index (χ3v) is 5.72. The van der Waals surface area contributed by atoms with Crippen LogP contribution in [0.15, 0.2) is 17.5 Å². The van der Waals surface area contributed by atoms with Gasteiger partial charge in [-0.2, -0.15) is 0 Å². The highest BCUT2D eigenvalue weighted by Crippen LogP contribution is 2.52. The standard InChI is InChI=1S/C15H20N2OS/c1-2-4-10-9-11(10)17-13(12-5-3-8-19-12)16-15(6-7-15)14(17)18/h3,5,8,10-11,13,16H,2,4,6-7,9H2,1H3. The molecule has 0 aromatic carbocycles. The molecule has 2 saturated carbocycles. The first-order chi connectivity index (χ1) is 9.25. The molecule has 2 aliphatic carbocycles.